The van der Waals surface area contributed by atoms with Crippen LogP contribution < -0.4 is 5.73 Å². The maximum Gasteiger partial charge on any atom is 0.150 e. The van der Waals surface area contributed by atoms with E-state index < -0.39 is 22.4 Å². The molecule has 1 atom stereocenters. The lowest BCUT2D eigenvalue weighted by atomic mass is 10.2. The first-order chi connectivity index (χ1) is 8.56. The van der Waals surface area contributed by atoms with Crippen LogP contribution in [0.4, 0.5) is 14.5 Å². The molecule has 1 unspecified atom stereocenters. The number of halogens is 2. The summed E-state index contributed by atoms with van der Waals surface area (Å²) in [7, 11) is -1.53. The predicted octanol–water partition coefficient (Wildman–Crippen LogP) is 2.25. The molecule has 0 fully saturated rings. The summed E-state index contributed by atoms with van der Waals surface area (Å²) >= 11 is 0. The lowest BCUT2D eigenvalue weighted by molar-refractivity contribution is 0.581. The van der Waals surface area contributed by atoms with Gasteiger partial charge in [0.05, 0.1) is 22.2 Å². The number of anilines is 1. The summed E-state index contributed by atoms with van der Waals surface area (Å²) in [5, 5.41) is 0.224. The molecule has 0 spiro atoms. The number of pyridine rings is 1. The van der Waals surface area contributed by atoms with Gasteiger partial charge in [0.15, 0.2) is 0 Å². The van der Waals surface area contributed by atoms with Crippen molar-refractivity contribution in [2.24, 2.45) is 0 Å². The second-order valence-corrected chi connectivity index (χ2v) is 5.03. The zero-order valence-electron chi connectivity index (χ0n) is 9.27. The van der Waals surface area contributed by atoms with E-state index in [0.717, 1.165) is 18.2 Å². The smallest absolute Gasteiger partial charge is 0.150 e. The van der Waals surface area contributed by atoms with Crippen LogP contribution in [0.15, 0.2) is 41.6 Å². The molecule has 1 heterocycles. The molecular weight excluding hydrogens is 258 g/mol. The highest BCUT2D eigenvalue weighted by atomic mass is 32.2. The quantitative estimate of drug-likeness (QED) is 0.928. The minimum atomic E-state index is -1.53. The third kappa shape index (κ3) is 2.89. The molecule has 1 aromatic carbocycles. The maximum atomic E-state index is 13.0. The van der Waals surface area contributed by atoms with Crippen LogP contribution in [0.5, 0.6) is 0 Å². The van der Waals surface area contributed by atoms with Crippen molar-refractivity contribution in [2.75, 3.05) is 5.73 Å². The van der Waals surface area contributed by atoms with Crippen molar-refractivity contribution in [3.8, 4) is 0 Å². The van der Waals surface area contributed by atoms with Crippen molar-refractivity contribution in [3.05, 3.63) is 53.7 Å². The Balaban J connectivity index is 2.24. The average molecular weight is 268 g/mol. The monoisotopic (exact) mass is 268 g/mol. The zero-order valence-corrected chi connectivity index (χ0v) is 10.1. The number of benzene rings is 1. The largest absolute Gasteiger partial charge is 0.396 e. The number of nitrogens with two attached hydrogens (primary N) is 1. The van der Waals surface area contributed by atoms with E-state index in [1.807, 2.05) is 0 Å². The third-order valence-electron chi connectivity index (χ3n) is 2.24. The molecule has 0 saturated carbocycles. The molecule has 6 heteroatoms. The summed E-state index contributed by atoms with van der Waals surface area (Å²) in [6, 6.07) is 6.24. The van der Waals surface area contributed by atoms with Gasteiger partial charge in [0, 0.05) is 12.3 Å². The highest BCUT2D eigenvalue weighted by molar-refractivity contribution is 7.84. The number of hydrogen-bond donors (Lipinski definition) is 1. The van der Waals surface area contributed by atoms with Crippen molar-refractivity contribution in [2.45, 2.75) is 10.8 Å². The molecule has 3 nitrogen and oxygen atoms in total. The topological polar surface area (TPSA) is 56.0 Å². The Labute approximate surface area is 105 Å². The van der Waals surface area contributed by atoms with Crippen LogP contribution in [-0.4, -0.2) is 9.19 Å². The normalized spacial score (nSPS) is 12.3. The first-order valence-corrected chi connectivity index (χ1v) is 6.42. The summed E-state index contributed by atoms with van der Waals surface area (Å²) < 4.78 is 37.9. The van der Waals surface area contributed by atoms with Crippen LogP contribution in [0, 0.1) is 11.6 Å². The van der Waals surface area contributed by atoms with Crippen molar-refractivity contribution in [1.29, 1.82) is 0 Å². The second-order valence-electron chi connectivity index (χ2n) is 3.67. The standard InChI is InChI=1S/C12H10F2N2OS/c13-9-4-8(5-10(14)6-9)7-18(17)12-11(15)2-1-3-16-12/h1-6H,7,15H2. The predicted molar refractivity (Wildman–Crippen MR) is 65.1 cm³/mol. The molecule has 0 bridgehead atoms. The van der Waals surface area contributed by atoms with Crippen LogP contribution in [0.25, 0.3) is 0 Å². The van der Waals surface area contributed by atoms with Gasteiger partial charge in [-0.3, -0.25) is 4.21 Å². The maximum absolute atomic E-state index is 13.0. The Morgan fingerprint density at radius 2 is 1.89 bits per heavy atom. The Kier molecular flexibility index (Phi) is 3.66. The van der Waals surface area contributed by atoms with Crippen molar-refractivity contribution < 1.29 is 13.0 Å². The number of nitrogens with zero attached hydrogens (tertiary/aromatic N) is 1. The van der Waals surface area contributed by atoms with Gasteiger partial charge in [-0.2, -0.15) is 0 Å². The van der Waals surface area contributed by atoms with Gasteiger partial charge in [0.1, 0.15) is 16.7 Å². The molecule has 18 heavy (non-hydrogen) atoms. The first-order valence-electron chi connectivity index (χ1n) is 5.10. The molecular formula is C12H10F2N2OS. The Hall–Kier alpha value is -1.82. The SMILES string of the molecule is Nc1cccnc1S(=O)Cc1cc(F)cc(F)c1. The summed E-state index contributed by atoms with van der Waals surface area (Å²) in [5.41, 5.74) is 6.23. The highest BCUT2D eigenvalue weighted by Crippen LogP contribution is 2.17. The fourth-order valence-corrected chi connectivity index (χ4v) is 2.62. The van der Waals surface area contributed by atoms with Gasteiger partial charge in [-0.25, -0.2) is 13.8 Å². The second kappa shape index (κ2) is 5.22. The Morgan fingerprint density at radius 1 is 1.22 bits per heavy atom. The molecule has 0 amide bonds. The summed E-state index contributed by atoms with van der Waals surface area (Å²) in [6.07, 6.45) is 1.47. The van der Waals surface area contributed by atoms with Gasteiger partial charge in [-0.1, -0.05) is 0 Å². The summed E-state index contributed by atoms with van der Waals surface area (Å²) in [5.74, 6) is -1.43. The van der Waals surface area contributed by atoms with Crippen LogP contribution in [0.3, 0.4) is 0 Å². The van der Waals surface area contributed by atoms with Gasteiger partial charge in [0.25, 0.3) is 0 Å². The highest BCUT2D eigenvalue weighted by Gasteiger charge is 2.11. The minimum absolute atomic E-state index is 0.0319. The summed E-state index contributed by atoms with van der Waals surface area (Å²) in [4.78, 5) is 3.91. The molecule has 2 rings (SSSR count). The van der Waals surface area contributed by atoms with Crippen LogP contribution in [-0.2, 0) is 16.6 Å². The van der Waals surface area contributed by atoms with Crippen LogP contribution in [0.2, 0.25) is 0 Å². The number of aromatic nitrogens is 1. The Bertz CT molecular complexity index is 584. The molecule has 0 aliphatic heterocycles. The van der Waals surface area contributed by atoms with Gasteiger partial charge in [-0.15, -0.1) is 0 Å². The third-order valence-corrected chi connectivity index (χ3v) is 3.60. The minimum Gasteiger partial charge on any atom is -0.396 e. The number of hydrogen-bond acceptors (Lipinski definition) is 3. The van der Waals surface area contributed by atoms with E-state index in [0.29, 0.717) is 11.3 Å². The van der Waals surface area contributed by atoms with Gasteiger partial charge in [-0.05, 0) is 29.8 Å². The van der Waals surface area contributed by atoms with Crippen LogP contribution >= 0.6 is 0 Å². The van der Waals surface area contributed by atoms with E-state index in [-0.39, 0.29) is 10.8 Å². The van der Waals surface area contributed by atoms with Crippen LogP contribution in [0.1, 0.15) is 5.56 Å². The molecule has 0 aliphatic rings. The van der Waals surface area contributed by atoms with Crippen molar-refractivity contribution >= 4 is 16.5 Å². The molecule has 2 N–H and O–H groups in total. The van der Waals surface area contributed by atoms with Crippen molar-refractivity contribution in [3.63, 3.8) is 0 Å². The number of nitrogen functional groups attached to an aromatic ring is 1. The fraction of sp³-hybridized carbons (Fsp3) is 0.0833. The van der Waals surface area contributed by atoms with Gasteiger partial charge >= 0.3 is 0 Å². The van der Waals surface area contributed by atoms with E-state index in [1.54, 1.807) is 12.1 Å². The molecule has 0 radical (unpaired) electrons. The molecule has 0 aliphatic carbocycles. The molecule has 2 aromatic rings. The zero-order chi connectivity index (χ0) is 13.1. The summed E-state index contributed by atoms with van der Waals surface area (Å²) in [6.45, 7) is 0. The Morgan fingerprint density at radius 3 is 2.50 bits per heavy atom. The van der Waals surface area contributed by atoms with Crippen molar-refractivity contribution in [1.82, 2.24) is 4.98 Å². The lowest BCUT2D eigenvalue weighted by Crippen LogP contribution is -2.03. The van der Waals surface area contributed by atoms with E-state index in [9.17, 15) is 13.0 Å². The van der Waals surface area contributed by atoms with E-state index >= 15 is 0 Å². The lowest BCUT2D eigenvalue weighted by Gasteiger charge is -2.05. The molecule has 94 valence electrons. The number of rotatable bonds is 3. The molecule has 0 saturated heterocycles. The van der Waals surface area contributed by atoms with Gasteiger partial charge in [0.2, 0.25) is 0 Å². The molecule has 1 aromatic heterocycles. The average Bonchev–Trinajstić information content (AvgIpc) is 2.27. The fourth-order valence-electron chi connectivity index (χ4n) is 1.51. The first kappa shape index (κ1) is 12.6. The van der Waals surface area contributed by atoms with E-state index in [4.69, 9.17) is 5.73 Å². The van der Waals surface area contributed by atoms with Gasteiger partial charge < -0.3 is 5.73 Å². The van der Waals surface area contributed by atoms with E-state index in [1.165, 1.54) is 6.20 Å². The van der Waals surface area contributed by atoms with E-state index in [2.05, 4.69) is 4.98 Å².